The molecule has 9 nitrogen and oxygen atoms in total. The average molecular weight is 442 g/mol. The maximum Gasteiger partial charge on any atom is 0.316 e. The van der Waals surface area contributed by atoms with Crippen LogP contribution in [0.5, 0.6) is 0 Å². The molecule has 2 aromatic carbocycles. The first-order chi connectivity index (χ1) is 14.9. The van der Waals surface area contributed by atoms with Gasteiger partial charge in [0.2, 0.25) is 15.8 Å². The number of hydrogen-bond donors (Lipinski definition) is 1. The molecule has 0 bridgehead atoms. The lowest BCUT2D eigenvalue weighted by Gasteiger charge is -2.25. The summed E-state index contributed by atoms with van der Waals surface area (Å²) in [7, 11) is -3.77. The summed E-state index contributed by atoms with van der Waals surface area (Å²) < 4.78 is 38.8. The Balaban J connectivity index is 1.55. The number of nitrogens with zero attached hydrogens (tertiary/aromatic N) is 3. The molecule has 1 aliphatic heterocycles. The molecule has 0 spiro atoms. The summed E-state index contributed by atoms with van der Waals surface area (Å²) in [5.41, 5.74) is 1.87. The van der Waals surface area contributed by atoms with Gasteiger partial charge in [0.1, 0.15) is 0 Å². The number of benzene rings is 2. The van der Waals surface area contributed by atoms with Crippen LogP contribution in [-0.2, 0) is 21.3 Å². The van der Waals surface area contributed by atoms with E-state index in [1.165, 1.54) is 6.07 Å². The van der Waals surface area contributed by atoms with Gasteiger partial charge in [-0.1, -0.05) is 47.6 Å². The van der Waals surface area contributed by atoms with Crippen LogP contribution in [-0.4, -0.2) is 55.7 Å². The van der Waals surface area contributed by atoms with E-state index in [4.69, 9.17) is 9.26 Å². The highest BCUT2D eigenvalue weighted by atomic mass is 32.2. The normalized spacial score (nSPS) is 14.5. The lowest BCUT2D eigenvalue weighted by molar-refractivity contribution is 0.0272. The van der Waals surface area contributed by atoms with Gasteiger partial charge in [-0.25, -0.2) is 13.1 Å². The summed E-state index contributed by atoms with van der Waals surface area (Å²) in [6.07, 6.45) is 0. The van der Waals surface area contributed by atoms with Gasteiger partial charge in [0.05, 0.1) is 18.1 Å². The SMILES string of the molecule is Cc1ccc(-c2noc(C(=O)N3CCOCC3)n2)cc1S(=O)(=O)NCc1ccccc1. The third-order valence-electron chi connectivity index (χ3n) is 4.95. The summed E-state index contributed by atoms with van der Waals surface area (Å²) in [5, 5.41) is 3.87. The van der Waals surface area contributed by atoms with E-state index in [0.29, 0.717) is 37.4 Å². The molecule has 10 heteroatoms. The largest absolute Gasteiger partial charge is 0.378 e. The first-order valence-corrected chi connectivity index (χ1v) is 11.3. The molecule has 1 aromatic heterocycles. The minimum atomic E-state index is -3.77. The maximum atomic E-state index is 12.9. The van der Waals surface area contributed by atoms with E-state index < -0.39 is 10.0 Å². The Hall–Kier alpha value is -3.08. The van der Waals surface area contributed by atoms with E-state index in [1.54, 1.807) is 24.0 Å². The quantitative estimate of drug-likeness (QED) is 0.621. The zero-order valence-electron chi connectivity index (χ0n) is 16.9. The van der Waals surface area contributed by atoms with Gasteiger partial charge in [0.25, 0.3) is 0 Å². The molecule has 3 aromatic rings. The third-order valence-corrected chi connectivity index (χ3v) is 6.50. The number of sulfonamides is 1. The fourth-order valence-corrected chi connectivity index (χ4v) is 4.50. The molecular formula is C21H22N4O5S. The Bertz CT molecular complexity index is 1170. The van der Waals surface area contributed by atoms with Crippen LogP contribution in [0.1, 0.15) is 21.8 Å². The standard InChI is InChI=1S/C21H22N4O5S/c1-15-7-8-17(13-18(15)31(27,28)22-14-16-5-3-2-4-6-16)19-23-20(30-24-19)21(26)25-9-11-29-12-10-25/h2-8,13,22H,9-12,14H2,1H3. The van der Waals surface area contributed by atoms with Gasteiger partial charge >= 0.3 is 11.8 Å². The fraction of sp³-hybridized carbons (Fsp3) is 0.286. The Kier molecular flexibility index (Phi) is 6.12. The predicted molar refractivity (Wildman–Crippen MR) is 112 cm³/mol. The number of aryl methyl sites for hydroxylation is 1. The summed E-state index contributed by atoms with van der Waals surface area (Å²) in [6.45, 7) is 3.72. The van der Waals surface area contributed by atoms with Gasteiger partial charge in [-0.3, -0.25) is 4.79 Å². The number of carbonyl (C=O) groups is 1. The minimum Gasteiger partial charge on any atom is -0.378 e. The molecule has 4 rings (SSSR count). The molecule has 1 N–H and O–H groups in total. The second-order valence-electron chi connectivity index (χ2n) is 7.12. The van der Waals surface area contributed by atoms with Gasteiger partial charge < -0.3 is 14.2 Å². The molecule has 0 radical (unpaired) electrons. The van der Waals surface area contributed by atoms with E-state index in [0.717, 1.165) is 5.56 Å². The zero-order chi connectivity index (χ0) is 21.8. The third kappa shape index (κ3) is 4.82. The first kappa shape index (κ1) is 21.2. The Morgan fingerprint density at radius 2 is 1.87 bits per heavy atom. The van der Waals surface area contributed by atoms with Crippen LogP contribution in [0, 0.1) is 6.92 Å². The molecule has 0 unspecified atom stereocenters. The second kappa shape index (κ2) is 8.96. The van der Waals surface area contributed by atoms with E-state index in [2.05, 4.69) is 14.9 Å². The topological polar surface area (TPSA) is 115 Å². The summed E-state index contributed by atoms with van der Waals surface area (Å²) in [6, 6.07) is 14.1. The van der Waals surface area contributed by atoms with Gasteiger partial charge in [0, 0.05) is 25.2 Å². The molecule has 2 heterocycles. The number of carbonyl (C=O) groups excluding carboxylic acids is 1. The number of hydrogen-bond acceptors (Lipinski definition) is 7. The van der Waals surface area contributed by atoms with Crippen molar-refractivity contribution in [3.8, 4) is 11.4 Å². The van der Waals surface area contributed by atoms with Crippen molar-refractivity contribution >= 4 is 15.9 Å². The van der Waals surface area contributed by atoms with Gasteiger partial charge in [-0.2, -0.15) is 4.98 Å². The van der Waals surface area contributed by atoms with E-state index >= 15 is 0 Å². The number of rotatable bonds is 6. The van der Waals surface area contributed by atoms with Crippen LogP contribution >= 0.6 is 0 Å². The van der Waals surface area contributed by atoms with Crippen LogP contribution < -0.4 is 4.72 Å². The average Bonchev–Trinajstić information content (AvgIpc) is 3.29. The van der Waals surface area contributed by atoms with Gasteiger partial charge in [0.15, 0.2) is 0 Å². The van der Waals surface area contributed by atoms with Gasteiger partial charge in [-0.15, -0.1) is 0 Å². The summed E-state index contributed by atoms with van der Waals surface area (Å²) in [5.74, 6) is -0.355. The Morgan fingerprint density at radius 1 is 1.13 bits per heavy atom. The van der Waals surface area contributed by atoms with Crippen molar-refractivity contribution in [2.75, 3.05) is 26.3 Å². The predicted octanol–water partition coefficient (Wildman–Crippen LogP) is 2.00. The minimum absolute atomic E-state index is 0.117. The Labute approximate surface area is 180 Å². The lowest BCUT2D eigenvalue weighted by Crippen LogP contribution is -2.40. The second-order valence-corrected chi connectivity index (χ2v) is 8.85. The van der Waals surface area contributed by atoms with Crippen LogP contribution in [0.15, 0.2) is 57.9 Å². The molecule has 162 valence electrons. The highest BCUT2D eigenvalue weighted by Crippen LogP contribution is 2.24. The molecule has 0 aliphatic carbocycles. The van der Waals surface area contributed by atoms with Crippen molar-refractivity contribution in [3.05, 3.63) is 65.5 Å². The number of amides is 1. The molecule has 1 saturated heterocycles. The lowest BCUT2D eigenvalue weighted by atomic mass is 10.1. The summed E-state index contributed by atoms with van der Waals surface area (Å²) in [4.78, 5) is 18.4. The van der Waals surface area contributed by atoms with E-state index in [1.807, 2.05) is 30.3 Å². The molecule has 0 atom stereocenters. The van der Waals surface area contributed by atoms with Gasteiger partial charge in [-0.05, 0) is 24.1 Å². The maximum absolute atomic E-state index is 12.9. The van der Waals surface area contributed by atoms with Crippen molar-refractivity contribution in [1.29, 1.82) is 0 Å². The number of aromatic nitrogens is 2. The van der Waals surface area contributed by atoms with Crippen LogP contribution in [0.25, 0.3) is 11.4 Å². The van der Waals surface area contributed by atoms with Crippen molar-refractivity contribution in [2.45, 2.75) is 18.4 Å². The van der Waals surface area contributed by atoms with E-state index in [9.17, 15) is 13.2 Å². The molecule has 0 saturated carbocycles. The van der Waals surface area contributed by atoms with Crippen molar-refractivity contribution in [1.82, 2.24) is 19.8 Å². The molecule has 31 heavy (non-hydrogen) atoms. The molecule has 1 fully saturated rings. The monoisotopic (exact) mass is 442 g/mol. The molecular weight excluding hydrogens is 420 g/mol. The number of ether oxygens (including phenoxy) is 1. The summed E-state index contributed by atoms with van der Waals surface area (Å²) >= 11 is 0. The number of morpholine rings is 1. The first-order valence-electron chi connectivity index (χ1n) is 9.79. The van der Waals surface area contributed by atoms with Crippen LogP contribution in [0.2, 0.25) is 0 Å². The highest BCUT2D eigenvalue weighted by molar-refractivity contribution is 7.89. The van der Waals surface area contributed by atoms with Crippen molar-refractivity contribution in [2.24, 2.45) is 0 Å². The smallest absolute Gasteiger partial charge is 0.316 e. The van der Waals surface area contributed by atoms with Crippen LogP contribution in [0.4, 0.5) is 0 Å². The number of nitrogens with one attached hydrogen (secondary N) is 1. The van der Waals surface area contributed by atoms with E-state index in [-0.39, 0.29) is 29.1 Å². The highest BCUT2D eigenvalue weighted by Gasteiger charge is 2.25. The van der Waals surface area contributed by atoms with Crippen LogP contribution in [0.3, 0.4) is 0 Å². The fourth-order valence-electron chi connectivity index (χ4n) is 3.21. The van der Waals surface area contributed by atoms with Crippen molar-refractivity contribution in [3.63, 3.8) is 0 Å². The zero-order valence-corrected chi connectivity index (χ0v) is 17.8. The van der Waals surface area contributed by atoms with Crippen molar-refractivity contribution < 1.29 is 22.5 Å². The Morgan fingerprint density at radius 3 is 2.61 bits per heavy atom. The molecule has 1 amide bonds. The molecule has 1 aliphatic rings.